The zero-order valence-corrected chi connectivity index (χ0v) is 15.1. The Kier molecular flexibility index (Phi) is 5.75. The van der Waals surface area contributed by atoms with Crippen LogP contribution in [0, 0.1) is 0 Å². The van der Waals surface area contributed by atoms with Gasteiger partial charge < -0.3 is 15.9 Å². The molecule has 8 heteroatoms. The number of ether oxygens (including phenoxy) is 1. The van der Waals surface area contributed by atoms with Crippen molar-refractivity contribution in [2.45, 2.75) is 17.8 Å². The molecule has 3 N–H and O–H groups in total. The number of anilines is 2. The number of thioether (sulfide) groups is 1. The van der Waals surface area contributed by atoms with Crippen molar-refractivity contribution in [2.75, 3.05) is 17.8 Å². The second kappa shape index (κ2) is 8.39. The van der Waals surface area contributed by atoms with Crippen molar-refractivity contribution in [3.63, 3.8) is 0 Å². The minimum absolute atomic E-state index is 0.0701. The van der Waals surface area contributed by atoms with E-state index in [1.54, 1.807) is 12.1 Å². The Bertz CT molecular complexity index is 913. The summed E-state index contributed by atoms with van der Waals surface area (Å²) >= 11 is 1.36. The molecule has 0 aliphatic rings. The fourth-order valence-corrected chi connectivity index (χ4v) is 3.03. The molecule has 26 heavy (non-hydrogen) atoms. The lowest BCUT2D eigenvalue weighted by molar-refractivity contribution is 0.340. The maximum Gasteiger partial charge on any atom is 0.315 e. The van der Waals surface area contributed by atoms with Crippen LogP contribution in [0.15, 0.2) is 64.5 Å². The van der Waals surface area contributed by atoms with Crippen LogP contribution in [0.3, 0.4) is 0 Å². The molecule has 0 fully saturated rings. The Morgan fingerprint density at radius 3 is 2.54 bits per heavy atom. The summed E-state index contributed by atoms with van der Waals surface area (Å²) in [4.78, 5) is 12.4. The highest BCUT2D eigenvalue weighted by atomic mass is 32.2. The van der Waals surface area contributed by atoms with Gasteiger partial charge in [-0.1, -0.05) is 42.1 Å². The first-order valence-corrected chi connectivity index (χ1v) is 9.07. The summed E-state index contributed by atoms with van der Waals surface area (Å²) in [5.41, 5.74) is 1.37. The number of benzene rings is 2. The SMILES string of the molecule is CCOc1ccc(Nc2nnc(SCc3ccccc3)n(N)c2=O)cc1. The third-order valence-corrected chi connectivity index (χ3v) is 4.52. The average molecular weight is 369 g/mol. The van der Waals surface area contributed by atoms with Gasteiger partial charge in [-0.2, -0.15) is 4.68 Å². The molecule has 0 aliphatic heterocycles. The van der Waals surface area contributed by atoms with Crippen molar-refractivity contribution in [1.29, 1.82) is 0 Å². The van der Waals surface area contributed by atoms with Gasteiger partial charge in [-0.25, -0.2) is 0 Å². The normalized spacial score (nSPS) is 10.5. The molecule has 0 bridgehead atoms. The Balaban J connectivity index is 1.71. The van der Waals surface area contributed by atoms with Crippen LogP contribution >= 0.6 is 11.8 Å². The average Bonchev–Trinajstić information content (AvgIpc) is 2.67. The van der Waals surface area contributed by atoms with Crippen molar-refractivity contribution < 1.29 is 4.74 Å². The van der Waals surface area contributed by atoms with Crippen LogP contribution in [-0.2, 0) is 5.75 Å². The zero-order chi connectivity index (χ0) is 18.4. The quantitative estimate of drug-likeness (QED) is 0.488. The molecule has 0 spiro atoms. The number of nitrogens with two attached hydrogens (primary N) is 1. The second-order valence-corrected chi connectivity index (χ2v) is 6.31. The van der Waals surface area contributed by atoms with Crippen LogP contribution < -0.4 is 21.5 Å². The minimum atomic E-state index is -0.440. The van der Waals surface area contributed by atoms with E-state index in [1.165, 1.54) is 11.8 Å². The van der Waals surface area contributed by atoms with Gasteiger partial charge in [-0.3, -0.25) is 4.79 Å². The summed E-state index contributed by atoms with van der Waals surface area (Å²) < 4.78 is 6.40. The van der Waals surface area contributed by atoms with Crippen molar-refractivity contribution >= 4 is 23.3 Å². The number of nitrogens with one attached hydrogen (secondary N) is 1. The van der Waals surface area contributed by atoms with Crippen molar-refractivity contribution in [3.8, 4) is 5.75 Å². The molecular formula is C18H19N5O2S. The van der Waals surface area contributed by atoms with E-state index in [4.69, 9.17) is 10.6 Å². The van der Waals surface area contributed by atoms with E-state index in [-0.39, 0.29) is 5.82 Å². The lowest BCUT2D eigenvalue weighted by atomic mass is 10.2. The van der Waals surface area contributed by atoms with Crippen molar-refractivity contribution in [3.05, 3.63) is 70.5 Å². The fourth-order valence-electron chi connectivity index (χ4n) is 2.22. The van der Waals surface area contributed by atoms with Gasteiger partial charge in [-0.15, -0.1) is 10.2 Å². The summed E-state index contributed by atoms with van der Waals surface area (Å²) in [6.07, 6.45) is 0. The number of hydrogen-bond donors (Lipinski definition) is 2. The predicted molar refractivity (Wildman–Crippen MR) is 103 cm³/mol. The third-order valence-electron chi connectivity index (χ3n) is 3.50. The molecule has 0 saturated heterocycles. The first kappa shape index (κ1) is 17.8. The van der Waals surface area contributed by atoms with E-state index in [0.717, 1.165) is 16.0 Å². The molecule has 7 nitrogen and oxygen atoms in total. The van der Waals surface area contributed by atoms with Gasteiger partial charge in [0.1, 0.15) is 5.75 Å². The number of hydrogen-bond acceptors (Lipinski definition) is 7. The predicted octanol–water partition coefficient (Wildman–Crippen LogP) is 2.79. The van der Waals surface area contributed by atoms with Gasteiger partial charge in [-0.05, 0) is 36.8 Å². The molecule has 1 heterocycles. The first-order valence-electron chi connectivity index (χ1n) is 8.09. The topological polar surface area (TPSA) is 95.1 Å². The van der Waals surface area contributed by atoms with Crippen LogP contribution in [0.4, 0.5) is 11.5 Å². The maximum atomic E-state index is 12.4. The molecule has 0 radical (unpaired) electrons. The largest absolute Gasteiger partial charge is 0.494 e. The van der Waals surface area contributed by atoms with E-state index >= 15 is 0 Å². The molecule has 0 amide bonds. The standard InChI is InChI=1S/C18H19N5O2S/c1-2-25-15-10-8-14(9-11-15)20-16-17(24)23(19)18(22-21-16)26-12-13-6-4-3-5-7-13/h3-11H,2,12,19H2,1H3,(H,20,21). The molecule has 3 aromatic rings. The van der Waals surface area contributed by atoms with Gasteiger partial charge in [0, 0.05) is 11.4 Å². The van der Waals surface area contributed by atoms with Crippen molar-refractivity contribution in [1.82, 2.24) is 14.9 Å². The van der Waals surface area contributed by atoms with Gasteiger partial charge in [0.15, 0.2) is 0 Å². The van der Waals surface area contributed by atoms with E-state index in [9.17, 15) is 4.79 Å². The van der Waals surface area contributed by atoms with Gasteiger partial charge in [0.25, 0.3) is 0 Å². The molecule has 3 rings (SSSR count). The summed E-state index contributed by atoms with van der Waals surface area (Å²) in [5.74, 6) is 7.36. The number of nitrogen functional groups attached to an aromatic ring is 1. The van der Waals surface area contributed by atoms with E-state index in [0.29, 0.717) is 23.2 Å². The second-order valence-electron chi connectivity index (χ2n) is 5.36. The zero-order valence-electron chi connectivity index (χ0n) is 14.3. The molecule has 0 saturated carbocycles. The fraction of sp³-hybridized carbons (Fsp3) is 0.167. The van der Waals surface area contributed by atoms with E-state index in [2.05, 4.69) is 15.5 Å². The first-order chi connectivity index (χ1) is 12.7. The Hall–Kier alpha value is -3.00. The Morgan fingerprint density at radius 2 is 1.85 bits per heavy atom. The van der Waals surface area contributed by atoms with Crippen molar-refractivity contribution in [2.24, 2.45) is 0 Å². The molecule has 0 atom stereocenters. The van der Waals surface area contributed by atoms with Gasteiger partial charge in [0.2, 0.25) is 11.0 Å². The summed E-state index contributed by atoms with van der Waals surface area (Å²) in [7, 11) is 0. The third kappa shape index (κ3) is 4.34. The maximum absolute atomic E-state index is 12.4. The molecule has 0 aliphatic carbocycles. The lowest BCUT2D eigenvalue weighted by Crippen LogP contribution is -2.32. The number of nitrogens with zero attached hydrogens (tertiary/aromatic N) is 3. The molecule has 2 aromatic carbocycles. The summed E-state index contributed by atoms with van der Waals surface area (Å²) in [5, 5.41) is 11.3. The molecule has 0 unspecified atom stereocenters. The van der Waals surface area contributed by atoms with Crippen LogP contribution in [0.1, 0.15) is 12.5 Å². The highest BCUT2D eigenvalue weighted by molar-refractivity contribution is 7.98. The number of rotatable bonds is 7. The summed E-state index contributed by atoms with van der Waals surface area (Å²) in [6, 6.07) is 17.1. The minimum Gasteiger partial charge on any atom is -0.494 e. The molecular weight excluding hydrogens is 350 g/mol. The van der Waals surface area contributed by atoms with E-state index in [1.807, 2.05) is 49.4 Å². The Morgan fingerprint density at radius 1 is 1.12 bits per heavy atom. The van der Waals surface area contributed by atoms with Crippen LogP contribution in [0.2, 0.25) is 0 Å². The van der Waals surface area contributed by atoms with Crippen LogP contribution in [0.25, 0.3) is 0 Å². The molecule has 1 aromatic heterocycles. The molecule has 134 valence electrons. The highest BCUT2D eigenvalue weighted by Crippen LogP contribution is 2.20. The van der Waals surface area contributed by atoms with E-state index < -0.39 is 5.56 Å². The van der Waals surface area contributed by atoms with Gasteiger partial charge in [0.05, 0.1) is 6.61 Å². The Labute approximate surface area is 155 Å². The summed E-state index contributed by atoms with van der Waals surface area (Å²) in [6.45, 7) is 2.51. The lowest BCUT2D eigenvalue weighted by Gasteiger charge is -2.09. The van der Waals surface area contributed by atoms with Crippen LogP contribution in [0.5, 0.6) is 5.75 Å². The highest BCUT2D eigenvalue weighted by Gasteiger charge is 2.11. The monoisotopic (exact) mass is 369 g/mol. The smallest absolute Gasteiger partial charge is 0.315 e. The van der Waals surface area contributed by atoms with Gasteiger partial charge >= 0.3 is 5.56 Å². The van der Waals surface area contributed by atoms with Crippen LogP contribution in [-0.4, -0.2) is 21.5 Å². The number of aromatic nitrogens is 3.